The number of non-ortho nitro benzene ring substituents is 1. The fourth-order valence-corrected chi connectivity index (χ4v) is 3.50. The number of hydrogen-bond acceptors (Lipinski definition) is 6. The van der Waals surface area contributed by atoms with Gasteiger partial charge in [-0.15, -0.1) is 0 Å². The minimum Gasteiger partial charge on any atom is -0.382 e. The highest BCUT2D eigenvalue weighted by molar-refractivity contribution is 6.07. The molecule has 1 amide bonds. The van der Waals surface area contributed by atoms with Crippen LogP contribution in [0.4, 0.5) is 11.5 Å². The Morgan fingerprint density at radius 3 is 2.78 bits per heavy atom. The van der Waals surface area contributed by atoms with Crippen LogP contribution in [0.3, 0.4) is 0 Å². The number of nitrogens with two attached hydrogens (primary N) is 1. The zero-order chi connectivity index (χ0) is 22.7. The van der Waals surface area contributed by atoms with Crippen LogP contribution in [0.1, 0.15) is 28.0 Å². The summed E-state index contributed by atoms with van der Waals surface area (Å²) in [5.41, 5.74) is 8.64. The molecule has 2 aromatic heterocycles. The van der Waals surface area contributed by atoms with Gasteiger partial charge in [-0.05, 0) is 31.0 Å². The average Bonchev–Trinajstić information content (AvgIpc) is 3.37. The van der Waals surface area contributed by atoms with E-state index in [0.717, 1.165) is 5.69 Å². The van der Waals surface area contributed by atoms with Gasteiger partial charge in [-0.25, -0.2) is 4.68 Å². The number of carbonyl (C=O) groups excluding carboxylic acids is 1. The van der Waals surface area contributed by atoms with Gasteiger partial charge in [-0.2, -0.15) is 10.4 Å². The quantitative estimate of drug-likeness (QED) is 0.233. The number of nitriles is 1. The highest BCUT2D eigenvalue weighted by atomic mass is 16.6. The highest BCUT2D eigenvalue weighted by Gasteiger charge is 2.17. The third-order valence-electron chi connectivity index (χ3n) is 5.10. The van der Waals surface area contributed by atoms with Crippen LogP contribution in [0.2, 0.25) is 0 Å². The molecule has 0 saturated carbocycles. The van der Waals surface area contributed by atoms with E-state index in [9.17, 15) is 20.2 Å². The predicted molar refractivity (Wildman–Crippen MR) is 118 cm³/mol. The summed E-state index contributed by atoms with van der Waals surface area (Å²) in [5.74, 6) is -0.0651. The molecule has 0 atom stereocenters. The minimum absolute atomic E-state index is 0.0817. The van der Waals surface area contributed by atoms with Crippen LogP contribution in [-0.4, -0.2) is 32.1 Å². The van der Waals surface area contributed by atoms with E-state index in [-0.39, 0.29) is 17.4 Å². The standard InChI is InChI=1S/C22H19N7O3/c23-12-17-20(27-28(21(17)24)14-5-2-1-3-6-14)7-4-10-25-22(30)18-13-26-19-9-8-15(29(31)32)11-16(18)19/h1-3,5-6,8-9,11,13,26H,4,7,10,24H2,(H,25,30). The second-order valence-corrected chi connectivity index (χ2v) is 7.11. The molecule has 10 heteroatoms. The fraction of sp³-hybridized carbons (Fsp3) is 0.136. The van der Waals surface area contributed by atoms with Gasteiger partial charge in [0.1, 0.15) is 17.5 Å². The van der Waals surface area contributed by atoms with Gasteiger partial charge in [-0.3, -0.25) is 14.9 Å². The molecular formula is C22H19N7O3. The number of anilines is 1. The number of fused-ring (bicyclic) bond motifs is 1. The van der Waals surface area contributed by atoms with E-state index in [1.54, 1.807) is 6.07 Å². The first-order valence-corrected chi connectivity index (χ1v) is 9.86. The summed E-state index contributed by atoms with van der Waals surface area (Å²) in [6.45, 7) is 0.337. The molecule has 32 heavy (non-hydrogen) atoms. The lowest BCUT2D eigenvalue weighted by molar-refractivity contribution is -0.384. The van der Waals surface area contributed by atoms with Crippen LogP contribution in [0.5, 0.6) is 0 Å². The molecule has 0 saturated heterocycles. The summed E-state index contributed by atoms with van der Waals surface area (Å²) in [6.07, 6.45) is 2.51. The van der Waals surface area contributed by atoms with E-state index in [1.165, 1.54) is 23.0 Å². The number of benzene rings is 2. The Morgan fingerprint density at radius 1 is 1.28 bits per heavy atom. The molecule has 10 nitrogen and oxygen atoms in total. The first kappa shape index (κ1) is 20.6. The zero-order valence-corrected chi connectivity index (χ0v) is 16.9. The maximum atomic E-state index is 12.6. The van der Waals surface area contributed by atoms with Gasteiger partial charge in [-0.1, -0.05) is 18.2 Å². The second-order valence-electron chi connectivity index (χ2n) is 7.11. The number of rotatable bonds is 7. The number of nitro groups is 1. The van der Waals surface area contributed by atoms with Gasteiger partial charge in [0.25, 0.3) is 11.6 Å². The smallest absolute Gasteiger partial charge is 0.270 e. The first-order chi connectivity index (χ1) is 15.5. The summed E-state index contributed by atoms with van der Waals surface area (Å²) < 4.78 is 1.53. The maximum Gasteiger partial charge on any atom is 0.270 e. The number of H-pyrrole nitrogens is 1. The van der Waals surface area contributed by atoms with Crippen LogP contribution in [0.15, 0.2) is 54.7 Å². The van der Waals surface area contributed by atoms with Crippen LogP contribution < -0.4 is 11.1 Å². The molecule has 4 aromatic rings. The number of aromatic amines is 1. The number of aromatic nitrogens is 3. The van der Waals surface area contributed by atoms with Crippen molar-refractivity contribution in [1.82, 2.24) is 20.1 Å². The molecule has 0 radical (unpaired) electrons. The molecule has 160 valence electrons. The Kier molecular flexibility index (Phi) is 5.55. The summed E-state index contributed by atoms with van der Waals surface area (Å²) in [4.78, 5) is 26.0. The van der Waals surface area contributed by atoms with Crippen molar-refractivity contribution in [2.75, 3.05) is 12.3 Å². The molecule has 0 aliphatic rings. The number of nitrogen functional groups attached to an aromatic ring is 1. The summed E-state index contributed by atoms with van der Waals surface area (Å²) >= 11 is 0. The van der Waals surface area contributed by atoms with Gasteiger partial charge >= 0.3 is 0 Å². The molecule has 4 N–H and O–H groups in total. The number of nitro benzene ring substituents is 1. The number of aryl methyl sites for hydroxylation is 1. The zero-order valence-electron chi connectivity index (χ0n) is 16.9. The molecular weight excluding hydrogens is 410 g/mol. The summed E-state index contributed by atoms with van der Waals surface area (Å²) in [7, 11) is 0. The van der Waals surface area contributed by atoms with Gasteiger partial charge in [0.15, 0.2) is 0 Å². The van der Waals surface area contributed by atoms with E-state index in [2.05, 4.69) is 21.5 Å². The average molecular weight is 429 g/mol. The molecule has 0 fully saturated rings. The third kappa shape index (κ3) is 3.87. The molecule has 0 bridgehead atoms. The van der Waals surface area contributed by atoms with Crippen LogP contribution in [0, 0.1) is 21.4 Å². The molecule has 4 rings (SSSR count). The summed E-state index contributed by atoms with van der Waals surface area (Å²) in [6, 6.07) is 15.7. The topological polar surface area (TPSA) is 156 Å². The van der Waals surface area contributed by atoms with E-state index in [0.29, 0.717) is 47.1 Å². The van der Waals surface area contributed by atoms with Gasteiger partial charge < -0.3 is 16.0 Å². The van der Waals surface area contributed by atoms with Gasteiger partial charge in [0.05, 0.1) is 21.9 Å². The van der Waals surface area contributed by atoms with Gasteiger partial charge in [0, 0.05) is 35.8 Å². The fourth-order valence-electron chi connectivity index (χ4n) is 3.50. The molecule has 0 aliphatic carbocycles. The Balaban J connectivity index is 1.42. The Hall–Kier alpha value is -4.65. The molecule has 0 aliphatic heterocycles. The first-order valence-electron chi connectivity index (χ1n) is 9.86. The van der Waals surface area contributed by atoms with Crippen molar-refractivity contribution in [1.29, 1.82) is 5.26 Å². The molecule has 0 spiro atoms. The Morgan fingerprint density at radius 2 is 2.06 bits per heavy atom. The van der Waals surface area contributed by atoms with Crippen molar-refractivity contribution in [3.05, 3.63) is 81.7 Å². The third-order valence-corrected chi connectivity index (χ3v) is 5.10. The minimum atomic E-state index is -0.499. The Bertz CT molecular complexity index is 1350. The van der Waals surface area contributed by atoms with E-state index in [4.69, 9.17) is 5.73 Å². The largest absolute Gasteiger partial charge is 0.382 e. The normalized spacial score (nSPS) is 10.7. The van der Waals surface area contributed by atoms with E-state index < -0.39 is 4.92 Å². The van der Waals surface area contributed by atoms with Crippen molar-refractivity contribution in [2.45, 2.75) is 12.8 Å². The van der Waals surface area contributed by atoms with Crippen molar-refractivity contribution in [3.63, 3.8) is 0 Å². The van der Waals surface area contributed by atoms with Crippen LogP contribution >= 0.6 is 0 Å². The lowest BCUT2D eigenvalue weighted by Gasteiger charge is -2.04. The summed E-state index contributed by atoms with van der Waals surface area (Å²) in [5, 5.41) is 28.3. The SMILES string of the molecule is N#Cc1c(CCCNC(=O)c2c[nH]c3ccc([N+](=O)[O-])cc23)nn(-c2ccccc2)c1N. The van der Waals surface area contributed by atoms with E-state index in [1.807, 2.05) is 30.3 Å². The molecule has 0 unspecified atom stereocenters. The number of para-hydroxylation sites is 1. The number of amides is 1. The van der Waals surface area contributed by atoms with Crippen LogP contribution in [0.25, 0.3) is 16.6 Å². The lowest BCUT2D eigenvalue weighted by atomic mass is 10.1. The molecule has 2 heterocycles. The van der Waals surface area contributed by atoms with E-state index >= 15 is 0 Å². The number of nitrogens with zero attached hydrogens (tertiary/aromatic N) is 4. The van der Waals surface area contributed by atoms with Crippen molar-refractivity contribution >= 4 is 28.3 Å². The highest BCUT2D eigenvalue weighted by Crippen LogP contribution is 2.24. The van der Waals surface area contributed by atoms with Crippen molar-refractivity contribution in [2.24, 2.45) is 0 Å². The number of carbonyl (C=O) groups is 1. The lowest BCUT2D eigenvalue weighted by Crippen LogP contribution is -2.24. The van der Waals surface area contributed by atoms with Crippen molar-refractivity contribution < 1.29 is 9.72 Å². The van der Waals surface area contributed by atoms with Crippen molar-refractivity contribution in [3.8, 4) is 11.8 Å². The predicted octanol–water partition coefficient (Wildman–Crippen LogP) is 3.08. The maximum absolute atomic E-state index is 12.6. The number of nitrogens with one attached hydrogen (secondary N) is 2. The molecule has 2 aromatic carbocycles. The Labute approximate surface area is 182 Å². The number of hydrogen-bond donors (Lipinski definition) is 3. The second kappa shape index (κ2) is 8.61. The monoisotopic (exact) mass is 429 g/mol. The van der Waals surface area contributed by atoms with Crippen LogP contribution in [-0.2, 0) is 6.42 Å². The van der Waals surface area contributed by atoms with Gasteiger partial charge in [0.2, 0.25) is 0 Å².